The minimum absolute atomic E-state index is 0.104. The summed E-state index contributed by atoms with van der Waals surface area (Å²) in [6.07, 6.45) is 1.99. The molecule has 0 atom stereocenters. The number of nitrogens with one attached hydrogen (secondary N) is 2. The first-order chi connectivity index (χ1) is 8.47. The van der Waals surface area contributed by atoms with Crippen molar-refractivity contribution in [3.63, 3.8) is 0 Å². The summed E-state index contributed by atoms with van der Waals surface area (Å²) in [5, 5.41) is 0.104. The maximum Gasteiger partial charge on any atom is 0.257 e. The van der Waals surface area contributed by atoms with Crippen LogP contribution in [0.2, 0.25) is 0 Å². The van der Waals surface area contributed by atoms with Crippen LogP contribution in [0.25, 0.3) is 0 Å². The van der Waals surface area contributed by atoms with E-state index in [9.17, 15) is 8.42 Å². The highest BCUT2D eigenvalue weighted by atomic mass is 79.9. The molecule has 2 aromatic rings. The highest BCUT2D eigenvalue weighted by Crippen LogP contribution is 2.22. The Morgan fingerprint density at radius 1 is 1.50 bits per heavy atom. The van der Waals surface area contributed by atoms with Crippen molar-refractivity contribution in [1.29, 1.82) is 0 Å². The number of hydrogen-bond donors (Lipinski definition) is 2. The van der Waals surface area contributed by atoms with Crippen molar-refractivity contribution in [1.82, 2.24) is 14.7 Å². The van der Waals surface area contributed by atoms with Crippen LogP contribution in [0.3, 0.4) is 0 Å². The van der Waals surface area contributed by atoms with Crippen molar-refractivity contribution in [3.8, 4) is 0 Å². The fraction of sp³-hybridized carbons (Fsp3) is 0.300. The van der Waals surface area contributed by atoms with Crippen molar-refractivity contribution in [2.75, 3.05) is 6.54 Å². The molecule has 0 fully saturated rings. The molecule has 0 amide bonds. The molecule has 18 heavy (non-hydrogen) atoms. The molecule has 5 nitrogen and oxygen atoms in total. The van der Waals surface area contributed by atoms with Crippen LogP contribution in [0.5, 0.6) is 0 Å². The van der Waals surface area contributed by atoms with E-state index in [1.54, 1.807) is 18.3 Å². The average molecular weight is 350 g/mol. The van der Waals surface area contributed by atoms with E-state index in [0.29, 0.717) is 18.8 Å². The van der Waals surface area contributed by atoms with Gasteiger partial charge < -0.3 is 4.98 Å². The van der Waals surface area contributed by atoms with E-state index in [2.05, 4.69) is 30.6 Å². The van der Waals surface area contributed by atoms with Gasteiger partial charge in [-0.2, -0.15) is 0 Å². The van der Waals surface area contributed by atoms with Gasteiger partial charge in [0, 0.05) is 11.4 Å². The van der Waals surface area contributed by atoms with Crippen LogP contribution in [0, 0.1) is 6.92 Å². The first kappa shape index (κ1) is 13.7. The predicted molar refractivity (Wildman–Crippen MR) is 74.2 cm³/mol. The van der Waals surface area contributed by atoms with Crippen molar-refractivity contribution in [2.24, 2.45) is 0 Å². The third kappa shape index (κ3) is 3.41. The zero-order chi connectivity index (χ0) is 13.2. The molecule has 2 heterocycles. The average Bonchev–Trinajstić information content (AvgIpc) is 2.88. The number of H-pyrrole nitrogens is 1. The zero-order valence-corrected chi connectivity index (χ0v) is 12.8. The summed E-state index contributed by atoms with van der Waals surface area (Å²) in [5.41, 5.74) is 0. The molecule has 0 aliphatic rings. The van der Waals surface area contributed by atoms with Gasteiger partial charge in [-0.15, -0.1) is 11.3 Å². The second kappa shape index (κ2) is 5.52. The van der Waals surface area contributed by atoms with Gasteiger partial charge in [-0.25, -0.2) is 18.1 Å². The largest absolute Gasteiger partial charge is 0.332 e. The number of nitrogens with zero attached hydrogens (tertiary/aromatic N) is 1. The lowest BCUT2D eigenvalue weighted by Crippen LogP contribution is -2.26. The fourth-order valence-corrected chi connectivity index (χ4v) is 3.89. The smallest absolute Gasteiger partial charge is 0.257 e. The minimum atomic E-state index is -3.48. The number of aromatic amines is 1. The van der Waals surface area contributed by atoms with E-state index < -0.39 is 10.0 Å². The van der Waals surface area contributed by atoms with Gasteiger partial charge in [0.15, 0.2) is 5.03 Å². The van der Waals surface area contributed by atoms with Gasteiger partial charge >= 0.3 is 0 Å². The molecule has 0 radical (unpaired) electrons. The summed E-state index contributed by atoms with van der Waals surface area (Å²) in [6.45, 7) is 2.08. The highest BCUT2D eigenvalue weighted by molar-refractivity contribution is 9.11. The van der Waals surface area contributed by atoms with Crippen LogP contribution in [-0.4, -0.2) is 24.9 Å². The Kier molecular flexibility index (Phi) is 4.21. The lowest BCUT2D eigenvalue weighted by atomic mass is 10.3. The Balaban J connectivity index is 1.93. The molecule has 2 aromatic heterocycles. The molecule has 98 valence electrons. The summed E-state index contributed by atoms with van der Waals surface area (Å²) in [5.74, 6) is 0.581. The van der Waals surface area contributed by atoms with Crippen LogP contribution >= 0.6 is 27.3 Å². The highest BCUT2D eigenvalue weighted by Gasteiger charge is 2.15. The molecule has 8 heteroatoms. The van der Waals surface area contributed by atoms with E-state index in [1.165, 1.54) is 6.20 Å². The van der Waals surface area contributed by atoms with E-state index >= 15 is 0 Å². The van der Waals surface area contributed by atoms with Crippen molar-refractivity contribution < 1.29 is 8.42 Å². The van der Waals surface area contributed by atoms with E-state index in [0.717, 1.165) is 8.66 Å². The number of sulfonamides is 1. The van der Waals surface area contributed by atoms with Gasteiger partial charge in [-0.3, -0.25) is 0 Å². The normalized spacial score (nSPS) is 11.9. The van der Waals surface area contributed by atoms with Gasteiger partial charge in [-0.1, -0.05) is 0 Å². The van der Waals surface area contributed by atoms with Gasteiger partial charge in [-0.05, 0) is 41.4 Å². The lowest BCUT2D eigenvalue weighted by Gasteiger charge is -2.03. The van der Waals surface area contributed by atoms with Crippen molar-refractivity contribution >= 4 is 37.3 Å². The summed E-state index contributed by atoms with van der Waals surface area (Å²) in [6, 6.07) is 3.93. The third-order valence-corrected chi connectivity index (χ3v) is 5.32. The molecule has 0 spiro atoms. The topological polar surface area (TPSA) is 74.8 Å². The first-order valence-corrected chi connectivity index (χ1v) is 8.32. The Hall–Kier alpha value is -0.700. The van der Waals surface area contributed by atoms with Crippen LogP contribution < -0.4 is 4.72 Å². The summed E-state index contributed by atoms with van der Waals surface area (Å²) < 4.78 is 27.3. The second-order valence-electron chi connectivity index (χ2n) is 3.69. The molecule has 0 saturated carbocycles. The van der Waals surface area contributed by atoms with E-state index in [1.807, 2.05) is 12.1 Å². The number of halogens is 1. The van der Waals surface area contributed by atoms with Gasteiger partial charge in [0.2, 0.25) is 0 Å². The summed E-state index contributed by atoms with van der Waals surface area (Å²) in [4.78, 5) is 7.71. The first-order valence-electron chi connectivity index (χ1n) is 5.23. The molecule has 0 bridgehead atoms. The molecule has 0 saturated heterocycles. The lowest BCUT2D eigenvalue weighted by molar-refractivity contribution is 0.578. The molecule has 0 aliphatic carbocycles. The Morgan fingerprint density at radius 3 is 2.83 bits per heavy atom. The maximum atomic E-state index is 11.9. The quantitative estimate of drug-likeness (QED) is 0.867. The Labute approximate surface area is 118 Å². The molecule has 0 aliphatic heterocycles. The number of hydrogen-bond acceptors (Lipinski definition) is 4. The SMILES string of the molecule is Cc1ncc(S(=O)(=O)NCCc2ccc(Br)s2)[nH]1. The van der Waals surface area contributed by atoms with Crippen LogP contribution in [0.1, 0.15) is 10.7 Å². The monoisotopic (exact) mass is 349 g/mol. The number of thiophene rings is 1. The number of rotatable bonds is 5. The molecule has 2 rings (SSSR count). The molecule has 0 unspecified atom stereocenters. The van der Waals surface area contributed by atoms with E-state index in [-0.39, 0.29) is 5.03 Å². The van der Waals surface area contributed by atoms with Gasteiger partial charge in [0.25, 0.3) is 10.0 Å². The van der Waals surface area contributed by atoms with Gasteiger partial charge in [0.1, 0.15) is 5.82 Å². The fourth-order valence-electron chi connectivity index (χ4n) is 1.41. The zero-order valence-electron chi connectivity index (χ0n) is 9.60. The van der Waals surface area contributed by atoms with Crippen LogP contribution in [-0.2, 0) is 16.4 Å². The Morgan fingerprint density at radius 2 is 2.28 bits per heavy atom. The second-order valence-corrected chi connectivity index (χ2v) is 7.97. The van der Waals surface area contributed by atoms with Crippen molar-refractivity contribution in [3.05, 3.63) is 32.8 Å². The molecule has 0 aromatic carbocycles. The number of imidazole rings is 1. The van der Waals surface area contributed by atoms with E-state index in [4.69, 9.17) is 0 Å². The van der Waals surface area contributed by atoms with Crippen molar-refractivity contribution in [2.45, 2.75) is 18.4 Å². The summed E-state index contributed by atoms with van der Waals surface area (Å²) in [7, 11) is -3.48. The third-order valence-electron chi connectivity index (χ3n) is 2.26. The maximum absolute atomic E-state index is 11.9. The van der Waals surface area contributed by atoms with Gasteiger partial charge in [0.05, 0.1) is 9.98 Å². The standard InChI is InChI=1S/C10H12BrN3O2S2/c1-7-12-6-10(14-7)18(15,16)13-5-4-8-2-3-9(11)17-8/h2-3,6,13H,4-5H2,1H3,(H,12,14). The Bertz CT molecular complexity index is 633. The molecule has 2 N–H and O–H groups in total. The van der Waals surface area contributed by atoms with Crippen LogP contribution in [0.15, 0.2) is 27.1 Å². The molecular formula is C10H12BrN3O2S2. The number of aryl methyl sites for hydroxylation is 1. The van der Waals surface area contributed by atoms with Crippen LogP contribution in [0.4, 0.5) is 0 Å². The number of aromatic nitrogens is 2. The molecular weight excluding hydrogens is 338 g/mol. The predicted octanol–water partition coefficient (Wildman–Crippen LogP) is 2.06. The summed E-state index contributed by atoms with van der Waals surface area (Å²) >= 11 is 4.97. The minimum Gasteiger partial charge on any atom is -0.332 e.